The van der Waals surface area contributed by atoms with E-state index in [0.717, 1.165) is 11.1 Å². The summed E-state index contributed by atoms with van der Waals surface area (Å²) in [4.78, 5) is 36.7. The lowest BCUT2D eigenvalue weighted by molar-refractivity contribution is -0.176. The highest BCUT2D eigenvalue weighted by Gasteiger charge is 2.41. The third-order valence-corrected chi connectivity index (χ3v) is 7.02. The maximum absolute atomic E-state index is 12.7. The fraction of sp³-hybridized carbons (Fsp3) is 0.270. The second-order valence-corrected chi connectivity index (χ2v) is 11.4. The first-order valence-corrected chi connectivity index (χ1v) is 14.2. The zero-order valence-corrected chi connectivity index (χ0v) is 26.0. The van der Waals surface area contributed by atoms with E-state index in [1.807, 2.05) is 72.8 Å². The second-order valence-electron chi connectivity index (χ2n) is 11.4. The molecule has 0 saturated carbocycles. The fourth-order valence-electron chi connectivity index (χ4n) is 4.56. The highest BCUT2D eigenvalue weighted by atomic mass is 16.7. The van der Waals surface area contributed by atoms with Crippen LogP contribution in [0.15, 0.2) is 109 Å². The van der Waals surface area contributed by atoms with E-state index in [9.17, 15) is 24.6 Å². The van der Waals surface area contributed by atoms with Gasteiger partial charge in [0.2, 0.25) is 5.78 Å². The maximum atomic E-state index is 12.7. The molecule has 4 aromatic rings. The Morgan fingerprint density at radius 2 is 0.864 bits per heavy atom. The molecule has 0 saturated heterocycles. The fourth-order valence-corrected chi connectivity index (χ4v) is 4.56. The molecule has 0 atom stereocenters. The Morgan fingerprint density at radius 1 is 0.523 bits per heavy atom. The molecule has 0 aliphatic carbocycles. The Kier molecular flexibility index (Phi) is 11.3. The van der Waals surface area contributed by atoms with Crippen molar-refractivity contribution in [3.05, 3.63) is 143 Å². The molecule has 2 N–H and O–H groups in total. The number of hydrogen-bond acceptors (Lipinski definition) is 7. The summed E-state index contributed by atoms with van der Waals surface area (Å²) in [5.74, 6) is -2.24. The van der Waals surface area contributed by atoms with E-state index in [4.69, 9.17) is 9.47 Å². The van der Waals surface area contributed by atoms with Gasteiger partial charge in [-0.2, -0.15) is 0 Å². The molecule has 7 nitrogen and oxygen atoms in total. The summed E-state index contributed by atoms with van der Waals surface area (Å²) in [5.41, 5.74) is 1.45. The molecule has 4 rings (SSSR count). The second kappa shape index (κ2) is 14.5. The van der Waals surface area contributed by atoms with Crippen molar-refractivity contribution < 1.29 is 34.1 Å². The number of carbonyl (C=O) groups excluding carboxylic acids is 3. The summed E-state index contributed by atoms with van der Waals surface area (Å²) in [7, 11) is 2.94. The molecule has 0 aliphatic heterocycles. The molecule has 0 amide bonds. The van der Waals surface area contributed by atoms with Crippen molar-refractivity contribution in [2.45, 2.75) is 51.1 Å². The summed E-state index contributed by atoms with van der Waals surface area (Å²) in [5, 5.41) is 19.6. The molecule has 0 aromatic heterocycles. The van der Waals surface area contributed by atoms with Crippen LogP contribution >= 0.6 is 0 Å². The molecule has 4 aromatic carbocycles. The Morgan fingerprint density at radius 3 is 1.20 bits per heavy atom. The van der Waals surface area contributed by atoms with E-state index in [1.165, 1.54) is 41.9 Å². The molecule has 0 heterocycles. The average Bonchev–Trinajstić information content (AvgIpc) is 3.02. The molecule has 0 fully saturated rings. The molecule has 230 valence electrons. The standard InChI is InChI=1S/C21H24O4.C16H16O3/c1-20(2,24)18(22)16-9-5-14(6-10-16)13-15-7-11-17(12-8-15)19(23)21(3,4)25;1-18-16(19-2,14-11-7-4-8-12-14)15(17)13-9-5-3-6-10-13/h5-12,24-25H,13H2,1-4H3;3-12H,1-2H3. The van der Waals surface area contributed by atoms with E-state index >= 15 is 0 Å². The van der Waals surface area contributed by atoms with Crippen LogP contribution in [0.2, 0.25) is 0 Å². The summed E-state index contributed by atoms with van der Waals surface area (Å²) >= 11 is 0. The number of hydrogen-bond donors (Lipinski definition) is 2. The van der Waals surface area contributed by atoms with Gasteiger partial charge in [0.05, 0.1) is 0 Å². The van der Waals surface area contributed by atoms with Gasteiger partial charge in [-0.15, -0.1) is 0 Å². The Bertz CT molecular complexity index is 1460. The van der Waals surface area contributed by atoms with Crippen molar-refractivity contribution in [1.82, 2.24) is 0 Å². The molecule has 7 heteroatoms. The monoisotopic (exact) mass is 596 g/mol. The molecule has 0 radical (unpaired) electrons. The summed E-state index contributed by atoms with van der Waals surface area (Å²) in [6.45, 7) is 5.89. The molecular formula is C37H40O7. The average molecular weight is 597 g/mol. The molecule has 0 bridgehead atoms. The van der Waals surface area contributed by atoms with Gasteiger partial charge in [0.15, 0.2) is 11.6 Å². The van der Waals surface area contributed by atoms with E-state index in [1.54, 1.807) is 36.4 Å². The van der Waals surface area contributed by atoms with E-state index in [2.05, 4.69) is 0 Å². The van der Waals surface area contributed by atoms with Crippen molar-refractivity contribution in [3.8, 4) is 0 Å². The lowest BCUT2D eigenvalue weighted by Crippen LogP contribution is -2.39. The van der Waals surface area contributed by atoms with Gasteiger partial charge in [-0.25, -0.2) is 0 Å². The molecular weight excluding hydrogens is 556 g/mol. The number of Topliss-reactive ketones (excluding diaryl/α,β-unsaturated/α-hetero) is 3. The predicted molar refractivity (Wildman–Crippen MR) is 170 cm³/mol. The van der Waals surface area contributed by atoms with Crippen LogP contribution in [-0.2, 0) is 21.7 Å². The van der Waals surface area contributed by atoms with Crippen LogP contribution in [0.5, 0.6) is 0 Å². The van der Waals surface area contributed by atoms with E-state index in [-0.39, 0.29) is 17.3 Å². The number of methoxy groups -OCH3 is 2. The van der Waals surface area contributed by atoms with Gasteiger partial charge in [0.1, 0.15) is 11.2 Å². The number of aliphatic hydroxyl groups is 2. The van der Waals surface area contributed by atoms with Crippen molar-refractivity contribution in [1.29, 1.82) is 0 Å². The topological polar surface area (TPSA) is 110 Å². The first kappa shape index (κ1) is 34.2. The van der Waals surface area contributed by atoms with Crippen molar-refractivity contribution in [2.75, 3.05) is 14.2 Å². The largest absolute Gasteiger partial charge is 0.382 e. The predicted octanol–water partition coefficient (Wildman–Crippen LogP) is 6.20. The van der Waals surface area contributed by atoms with Gasteiger partial charge in [-0.05, 0) is 45.2 Å². The third-order valence-electron chi connectivity index (χ3n) is 7.02. The van der Waals surface area contributed by atoms with Crippen LogP contribution in [0.3, 0.4) is 0 Å². The Hall–Kier alpha value is -4.27. The first-order valence-electron chi connectivity index (χ1n) is 14.2. The summed E-state index contributed by atoms with van der Waals surface area (Å²) < 4.78 is 10.8. The van der Waals surface area contributed by atoms with Gasteiger partial charge >= 0.3 is 0 Å². The summed E-state index contributed by atoms with van der Waals surface area (Å²) in [6, 6.07) is 32.5. The van der Waals surface area contributed by atoms with Gasteiger partial charge in [-0.1, -0.05) is 109 Å². The van der Waals surface area contributed by atoms with Gasteiger partial charge in [-0.3, -0.25) is 14.4 Å². The minimum atomic E-state index is -1.40. The van der Waals surface area contributed by atoms with E-state index < -0.39 is 17.0 Å². The van der Waals surface area contributed by atoms with Gasteiger partial charge in [0.25, 0.3) is 5.79 Å². The smallest absolute Gasteiger partial charge is 0.260 e. The van der Waals surface area contributed by atoms with Crippen molar-refractivity contribution in [3.63, 3.8) is 0 Å². The quantitative estimate of drug-likeness (QED) is 0.157. The van der Waals surface area contributed by atoms with Crippen molar-refractivity contribution >= 4 is 17.3 Å². The number of ketones is 3. The number of benzene rings is 4. The highest BCUT2D eigenvalue weighted by Crippen LogP contribution is 2.30. The molecule has 0 aliphatic rings. The minimum Gasteiger partial charge on any atom is -0.382 e. The number of rotatable bonds is 11. The first-order chi connectivity index (χ1) is 20.7. The van der Waals surface area contributed by atoms with Crippen LogP contribution in [0.4, 0.5) is 0 Å². The minimum absolute atomic E-state index is 0.218. The lowest BCUT2D eigenvalue weighted by atomic mass is 9.94. The molecule has 44 heavy (non-hydrogen) atoms. The SMILES string of the molecule is CC(C)(O)C(=O)c1ccc(Cc2ccc(C(=O)C(C)(C)O)cc2)cc1.COC(OC)(C(=O)c1ccccc1)c1ccccc1. The van der Waals surface area contributed by atoms with Crippen LogP contribution in [0, 0.1) is 0 Å². The zero-order chi connectivity index (χ0) is 32.5. The van der Waals surface area contributed by atoms with Crippen LogP contribution in [0.1, 0.15) is 75.5 Å². The Balaban J connectivity index is 0.000000249. The normalized spacial score (nSPS) is 11.7. The maximum Gasteiger partial charge on any atom is 0.260 e. The van der Waals surface area contributed by atoms with Gasteiger partial charge in [0, 0.05) is 36.5 Å². The van der Waals surface area contributed by atoms with Crippen LogP contribution in [0.25, 0.3) is 0 Å². The zero-order valence-electron chi connectivity index (χ0n) is 26.0. The highest BCUT2D eigenvalue weighted by molar-refractivity contribution is 6.03. The van der Waals surface area contributed by atoms with E-state index in [0.29, 0.717) is 28.7 Å². The van der Waals surface area contributed by atoms with Crippen LogP contribution in [-0.4, -0.2) is 53.0 Å². The Labute approximate surface area is 259 Å². The summed E-state index contributed by atoms with van der Waals surface area (Å²) in [6.07, 6.45) is 0.661. The van der Waals surface area contributed by atoms with Crippen LogP contribution < -0.4 is 0 Å². The molecule has 0 unspecified atom stereocenters. The number of ether oxygens (including phenoxy) is 2. The van der Waals surface area contributed by atoms with Crippen molar-refractivity contribution in [2.24, 2.45) is 0 Å². The molecule has 0 spiro atoms. The lowest BCUT2D eigenvalue weighted by Gasteiger charge is -2.29. The third kappa shape index (κ3) is 8.42. The number of carbonyl (C=O) groups is 3. The van der Waals surface area contributed by atoms with Gasteiger partial charge < -0.3 is 19.7 Å².